The van der Waals surface area contributed by atoms with Crippen molar-refractivity contribution in [3.8, 4) is 0 Å². The fourth-order valence-electron chi connectivity index (χ4n) is 1.84. The Balaban J connectivity index is 2.53. The first-order chi connectivity index (χ1) is 8.34. The van der Waals surface area contributed by atoms with Gasteiger partial charge in [-0.3, -0.25) is 0 Å². The van der Waals surface area contributed by atoms with Gasteiger partial charge in [0, 0.05) is 12.6 Å². The summed E-state index contributed by atoms with van der Waals surface area (Å²) in [7, 11) is -2.95. The highest BCUT2D eigenvalue weighted by Crippen LogP contribution is 2.16. The summed E-state index contributed by atoms with van der Waals surface area (Å²) in [5, 5.41) is 2.97. The van der Waals surface area contributed by atoms with Crippen LogP contribution in [-0.2, 0) is 9.84 Å². The predicted octanol–water partition coefficient (Wildman–Crippen LogP) is 2.47. The summed E-state index contributed by atoms with van der Waals surface area (Å²) in [4.78, 5) is 0. The maximum Gasteiger partial charge on any atom is 0.153 e. The van der Waals surface area contributed by atoms with E-state index in [1.807, 2.05) is 12.1 Å². The second-order valence-electron chi connectivity index (χ2n) is 4.95. The zero-order valence-electron chi connectivity index (χ0n) is 11.6. The van der Waals surface area contributed by atoms with Gasteiger partial charge in [-0.15, -0.1) is 0 Å². The van der Waals surface area contributed by atoms with Gasteiger partial charge in [0.1, 0.15) is 0 Å². The first-order valence-electron chi connectivity index (χ1n) is 6.35. The summed E-state index contributed by atoms with van der Waals surface area (Å²) >= 11 is 0. The minimum atomic E-state index is -2.95. The van der Waals surface area contributed by atoms with Crippen LogP contribution in [0.4, 0.5) is 0 Å². The Labute approximate surface area is 111 Å². The molecule has 18 heavy (non-hydrogen) atoms. The summed E-state index contributed by atoms with van der Waals surface area (Å²) in [5.41, 5.74) is 2.45. The number of benzene rings is 1. The van der Waals surface area contributed by atoms with Crippen LogP contribution in [0.5, 0.6) is 0 Å². The summed E-state index contributed by atoms with van der Waals surface area (Å²) in [6.45, 7) is 8.07. The molecule has 0 heterocycles. The Bertz CT molecular complexity index is 480. The monoisotopic (exact) mass is 269 g/mol. The SMILES string of the molecule is Cc1ccccc1[C@@H](C)NCCS(=O)(=O)C(C)C. The van der Waals surface area contributed by atoms with Gasteiger partial charge in [0.15, 0.2) is 9.84 Å². The van der Waals surface area contributed by atoms with Crippen LogP contribution >= 0.6 is 0 Å². The van der Waals surface area contributed by atoms with Crippen LogP contribution in [0.2, 0.25) is 0 Å². The number of sulfone groups is 1. The van der Waals surface area contributed by atoms with Crippen LogP contribution in [0.3, 0.4) is 0 Å². The zero-order valence-corrected chi connectivity index (χ0v) is 12.4. The van der Waals surface area contributed by atoms with Gasteiger partial charge in [-0.1, -0.05) is 24.3 Å². The molecular formula is C14H23NO2S. The van der Waals surface area contributed by atoms with Crippen molar-refractivity contribution in [3.63, 3.8) is 0 Å². The largest absolute Gasteiger partial charge is 0.309 e. The number of nitrogens with one attached hydrogen (secondary N) is 1. The third kappa shape index (κ3) is 4.10. The van der Waals surface area contributed by atoms with E-state index in [0.29, 0.717) is 6.54 Å². The van der Waals surface area contributed by atoms with Crippen molar-refractivity contribution in [1.82, 2.24) is 5.32 Å². The van der Waals surface area contributed by atoms with E-state index in [1.165, 1.54) is 11.1 Å². The molecular weight excluding hydrogens is 246 g/mol. The fraction of sp³-hybridized carbons (Fsp3) is 0.571. The molecule has 0 aliphatic rings. The average molecular weight is 269 g/mol. The lowest BCUT2D eigenvalue weighted by Gasteiger charge is -2.17. The molecule has 1 aromatic carbocycles. The highest BCUT2D eigenvalue weighted by molar-refractivity contribution is 7.92. The van der Waals surface area contributed by atoms with Gasteiger partial charge in [-0.25, -0.2) is 8.42 Å². The second kappa shape index (κ2) is 6.34. The smallest absolute Gasteiger partial charge is 0.153 e. The molecule has 0 aliphatic heterocycles. The van der Waals surface area contributed by atoms with Crippen LogP contribution in [0, 0.1) is 6.92 Å². The van der Waals surface area contributed by atoms with Crippen LogP contribution in [0.25, 0.3) is 0 Å². The van der Waals surface area contributed by atoms with Crippen molar-refractivity contribution in [2.75, 3.05) is 12.3 Å². The van der Waals surface area contributed by atoms with Crippen molar-refractivity contribution >= 4 is 9.84 Å². The van der Waals surface area contributed by atoms with Crippen molar-refractivity contribution in [1.29, 1.82) is 0 Å². The Hall–Kier alpha value is -0.870. The van der Waals surface area contributed by atoms with E-state index in [9.17, 15) is 8.42 Å². The van der Waals surface area contributed by atoms with Crippen LogP contribution < -0.4 is 5.32 Å². The third-order valence-electron chi connectivity index (χ3n) is 3.21. The maximum atomic E-state index is 11.7. The Morgan fingerprint density at radius 1 is 1.17 bits per heavy atom. The van der Waals surface area contributed by atoms with Gasteiger partial charge in [-0.05, 0) is 38.8 Å². The van der Waals surface area contributed by atoms with E-state index in [4.69, 9.17) is 0 Å². The van der Waals surface area contributed by atoms with E-state index in [0.717, 1.165) is 0 Å². The van der Waals surface area contributed by atoms with E-state index >= 15 is 0 Å². The van der Waals surface area contributed by atoms with Crippen LogP contribution in [0.1, 0.15) is 37.9 Å². The maximum absolute atomic E-state index is 11.7. The summed E-state index contributed by atoms with van der Waals surface area (Å²) in [5.74, 6) is 0.195. The van der Waals surface area contributed by atoms with Crippen molar-refractivity contribution in [3.05, 3.63) is 35.4 Å². The lowest BCUT2D eigenvalue weighted by molar-refractivity contribution is 0.565. The quantitative estimate of drug-likeness (QED) is 0.863. The minimum absolute atomic E-state index is 0.175. The van der Waals surface area contributed by atoms with Crippen molar-refractivity contribution in [2.24, 2.45) is 0 Å². The molecule has 0 unspecified atom stereocenters. The molecule has 1 rings (SSSR count). The number of aryl methyl sites for hydroxylation is 1. The van der Waals surface area contributed by atoms with E-state index in [2.05, 4.69) is 31.3 Å². The molecule has 1 aromatic rings. The lowest BCUT2D eigenvalue weighted by Crippen LogP contribution is -2.29. The highest BCUT2D eigenvalue weighted by atomic mass is 32.2. The van der Waals surface area contributed by atoms with E-state index < -0.39 is 9.84 Å². The Kier molecular flexibility index (Phi) is 5.35. The first kappa shape index (κ1) is 15.2. The molecule has 0 saturated heterocycles. The van der Waals surface area contributed by atoms with Crippen LogP contribution in [-0.4, -0.2) is 26.0 Å². The molecule has 0 aromatic heterocycles. The fourth-order valence-corrected chi connectivity index (χ4v) is 2.71. The van der Waals surface area contributed by atoms with Crippen LogP contribution in [0.15, 0.2) is 24.3 Å². The first-order valence-corrected chi connectivity index (χ1v) is 8.06. The molecule has 3 nitrogen and oxygen atoms in total. The van der Waals surface area contributed by atoms with Gasteiger partial charge in [0.25, 0.3) is 0 Å². The topological polar surface area (TPSA) is 46.2 Å². The van der Waals surface area contributed by atoms with Gasteiger partial charge >= 0.3 is 0 Å². The van der Waals surface area contributed by atoms with E-state index in [-0.39, 0.29) is 17.0 Å². The molecule has 0 fully saturated rings. The standard InChI is InChI=1S/C14H23NO2S/c1-11(2)18(16,17)10-9-15-13(4)14-8-6-5-7-12(14)3/h5-8,11,13,15H,9-10H2,1-4H3/t13-/m1/s1. The summed E-state index contributed by atoms with van der Waals surface area (Å²) in [6.07, 6.45) is 0. The Morgan fingerprint density at radius 3 is 2.33 bits per heavy atom. The average Bonchev–Trinajstić information content (AvgIpc) is 2.29. The zero-order chi connectivity index (χ0) is 13.8. The molecule has 1 atom stereocenters. The molecule has 0 spiro atoms. The second-order valence-corrected chi connectivity index (χ2v) is 7.62. The molecule has 0 aliphatic carbocycles. The van der Waals surface area contributed by atoms with Gasteiger partial charge in [0.2, 0.25) is 0 Å². The molecule has 0 amide bonds. The molecule has 0 saturated carbocycles. The number of hydrogen-bond acceptors (Lipinski definition) is 3. The summed E-state index contributed by atoms with van der Waals surface area (Å²) in [6, 6.07) is 8.33. The summed E-state index contributed by atoms with van der Waals surface area (Å²) < 4.78 is 23.4. The predicted molar refractivity (Wildman–Crippen MR) is 76.5 cm³/mol. The molecule has 0 radical (unpaired) electrons. The van der Waals surface area contributed by atoms with Gasteiger partial charge < -0.3 is 5.32 Å². The normalized spacial score (nSPS) is 13.8. The van der Waals surface area contributed by atoms with Crippen molar-refractivity contribution < 1.29 is 8.42 Å². The number of rotatable bonds is 6. The van der Waals surface area contributed by atoms with Gasteiger partial charge in [-0.2, -0.15) is 0 Å². The van der Waals surface area contributed by atoms with E-state index in [1.54, 1.807) is 13.8 Å². The number of hydrogen-bond donors (Lipinski definition) is 1. The highest BCUT2D eigenvalue weighted by Gasteiger charge is 2.16. The minimum Gasteiger partial charge on any atom is -0.309 e. The molecule has 0 bridgehead atoms. The molecule has 102 valence electrons. The molecule has 4 heteroatoms. The lowest BCUT2D eigenvalue weighted by atomic mass is 10.0. The Morgan fingerprint density at radius 2 is 1.78 bits per heavy atom. The third-order valence-corrected chi connectivity index (χ3v) is 5.42. The molecule has 1 N–H and O–H groups in total. The van der Waals surface area contributed by atoms with Gasteiger partial charge in [0.05, 0.1) is 11.0 Å². The van der Waals surface area contributed by atoms with Crippen molar-refractivity contribution in [2.45, 2.75) is 39.0 Å².